The lowest BCUT2D eigenvalue weighted by molar-refractivity contribution is 0.128. The van der Waals surface area contributed by atoms with Crippen molar-refractivity contribution in [2.45, 2.75) is 47.0 Å². The average Bonchev–Trinajstić information content (AvgIpc) is 2.22. The standard InChI is InChI=1S/C12H27NO/c1-5-12(4,11-13-6-2)9-8-10-14-7-3/h13H,5-11H2,1-4H3. The smallest absolute Gasteiger partial charge is 0.0466 e. The predicted octanol–water partition coefficient (Wildman–Crippen LogP) is 2.83. The van der Waals surface area contributed by atoms with Crippen molar-refractivity contribution in [1.29, 1.82) is 0 Å². The zero-order chi connectivity index (χ0) is 10.9. The summed E-state index contributed by atoms with van der Waals surface area (Å²) in [5.74, 6) is 0. The summed E-state index contributed by atoms with van der Waals surface area (Å²) < 4.78 is 5.36. The maximum atomic E-state index is 5.36. The second kappa shape index (κ2) is 8.25. The molecule has 2 nitrogen and oxygen atoms in total. The number of hydrogen-bond acceptors (Lipinski definition) is 2. The van der Waals surface area contributed by atoms with Gasteiger partial charge in [0.1, 0.15) is 0 Å². The lowest BCUT2D eigenvalue weighted by atomic mass is 9.83. The van der Waals surface area contributed by atoms with Crippen LogP contribution in [0, 0.1) is 5.41 Å². The molecule has 0 aliphatic rings. The van der Waals surface area contributed by atoms with Crippen LogP contribution in [0.15, 0.2) is 0 Å². The summed E-state index contributed by atoms with van der Waals surface area (Å²) in [6.45, 7) is 12.8. The first kappa shape index (κ1) is 13.9. The van der Waals surface area contributed by atoms with Crippen molar-refractivity contribution in [3.05, 3.63) is 0 Å². The highest BCUT2D eigenvalue weighted by Gasteiger charge is 2.20. The Balaban J connectivity index is 3.63. The van der Waals surface area contributed by atoms with Gasteiger partial charge in [-0.3, -0.25) is 0 Å². The maximum absolute atomic E-state index is 5.36. The van der Waals surface area contributed by atoms with Gasteiger partial charge in [0.15, 0.2) is 0 Å². The molecule has 14 heavy (non-hydrogen) atoms. The third-order valence-electron chi connectivity index (χ3n) is 2.93. The highest BCUT2D eigenvalue weighted by Crippen LogP contribution is 2.26. The minimum absolute atomic E-state index is 0.451. The highest BCUT2D eigenvalue weighted by atomic mass is 16.5. The first-order valence-electron chi connectivity index (χ1n) is 5.97. The van der Waals surface area contributed by atoms with Crippen LogP contribution in [0.25, 0.3) is 0 Å². The lowest BCUT2D eigenvalue weighted by Crippen LogP contribution is -2.31. The average molecular weight is 201 g/mol. The number of nitrogens with one attached hydrogen (secondary N) is 1. The van der Waals surface area contributed by atoms with E-state index >= 15 is 0 Å². The van der Waals surface area contributed by atoms with Gasteiger partial charge in [0, 0.05) is 19.8 Å². The molecule has 0 heterocycles. The van der Waals surface area contributed by atoms with E-state index < -0.39 is 0 Å². The van der Waals surface area contributed by atoms with Crippen molar-refractivity contribution in [3.8, 4) is 0 Å². The molecule has 0 rings (SSSR count). The quantitative estimate of drug-likeness (QED) is 0.579. The summed E-state index contributed by atoms with van der Waals surface area (Å²) >= 11 is 0. The molecule has 1 N–H and O–H groups in total. The molecule has 0 aliphatic carbocycles. The van der Waals surface area contributed by atoms with E-state index in [1.807, 2.05) is 0 Å². The largest absolute Gasteiger partial charge is 0.382 e. The van der Waals surface area contributed by atoms with Crippen molar-refractivity contribution in [2.75, 3.05) is 26.3 Å². The van der Waals surface area contributed by atoms with Crippen LogP contribution in [0.2, 0.25) is 0 Å². The Kier molecular flexibility index (Phi) is 8.20. The van der Waals surface area contributed by atoms with Gasteiger partial charge in [-0.15, -0.1) is 0 Å². The Morgan fingerprint density at radius 2 is 1.93 bits per heavy atom. The summed E-state index contributed by atoms with van der Waals surface area (Å²) in [5, 5.41) is 3.44. The molecule has 0 fully saturated rings. The number of ether oxygens (including phenoxy) is 1. The highest BCUT2D eigenvalue weighted by molar-refractivity contribution is 4.74. The number of rotatable bonds is 9. The molecule has 0 amide bonds. The van der Waals surface area contributed by atoms with E-state index in [-0.39, 0.29) is 0 Å². The maximum Gasteiger partial charge on any atom is 0.0466 e. The van der Waals surface area contributed by atoms with E-state index in [4.69, 9.17) is 4.74 Å². The van der Waals surface area contributed by atoms with Crippen LogP contribution in [0.4, 0.5) is 0 Å². The Bertz CT molecular complexity index is 127. The van der Waals surface area contributed by atoms with Crippen LogP contribution < -0.4 is 5.32 Å². The van der Waals surface area contributed by atoms with Crippen molar-refractivity contribution < 1.29 is 4.74 Å². The molecule has 2 heteroatoms. The first-order chi connectivity index (χ1) is 6.68. The van der Waals surface area contributed by atoms with Crippen molar-refractivity contribution in [2.24, 2.45) is 5.41 Å². The van der Waals surface area contributed by atoms with Gasteiger partial charge in [-0.05, 0) is 38.1 Å². The molecule has 0 saturated carbocycles. The fraction of sp³-hybridized carbons (Fsp3) is 1.00. The third kappa shape index (κ3) is 6.39. The van der Waals surface area contributed by atoms with Gasteiger partial charge in [-0.25, -0.2) is 0 Å². The molecule has 0 aliphatic heterocycles. The second-order valence-electron chi connectivity index (χ2n) is 4.25. The van der Waals surface area contributed by atoms with Crippen LogP contribution >= 0.6 is 0 Å². The minimum Gasteiger partial charge on any atom is -0.382 e. The molecule has 86 valence electrons. The van der Waals surface area contributed by atoms with E-state index in [0.717, 1.165) is 26.3 Å². The van der Waals surface area contributed by atoms with Gasteiger partial charge in [-0.2, -0.15) is 0 Å². The van der Waals surface area contributed by atoms with Crippen molar-refractivity contribution >= 4 is 0 Å². The molecule has 0 radical (unpaired) electrons. The Morgan fingerprint density at radius 1 is 1.21 bits per heavy atom. The van der Waals surface area contributed by atoms with Gasteiger partial charge in [0.05, 0.1) is 0 Å². The summed E-state index contributed by atoms with van der Waals surface area (Å²) in [4.78, 5) is 0. The van der Waals surface area contributed by atoms with Gasteiger partial charge in [0.2, 0.25) is 0 Å². The Labute approximate surface area is 89.4 Å². The fourth-order valence-electron chi connectivity index (χ4n) is 1.56. The summed E-state index contributed by atoms with van der Waals surface area (Å²) in [7, 11) is 0. The van der Waals surface area contributed by atoms with E-state index in [1.54, 1.807) is 0 Å². The molecule has 0 saturated heterocycles. The molecular formula is C12H27NO. The van der Waals surface area contributed by atoms with Crippen LogP contribution in [0.1, 0.15) is 47.0 Å². The van der Waals surface area contributed by atoms with Crippen molar-refractivity contribution in [3.63, 3.8) is 0 Å². The lowest BCUT2D eigenvalue weighted by Gasteiger charge is -2.28. The Morgan fingerprint density at radius 3 is 2.43 bits per heavy atom. The molecule has 0 aromatic rings. The monoisotopic (exact) mass is 201 g/mol. The Hall–Kier alpha value is -0.0800. The van der Waals surface area contributed by atoms with Crippen LogP contribution in [0.3, 0.4) is 0 Å². The first-order valence-corrected chi connectivity index (χ1v) is 5.97. The minimum atomic E-state index is 0.451. The van der Waals surface area contributed by atoms with Crippen LogP contribution in [0.5, 0.6) is 0 Å². The summed E-state index contributed by atoms with van der Waals surface area (Å²) in [5.41, 5.74) is 0.451. The molecule has 0 aromatic carbocycles. The second-order valence-corrected chi connectivity index (χ2v) is 4.25. The molecular weight excluding hydrogens is 174 g/mol. The summed E-state index contributed by atoms with van der Waals surface area (Å²) in [6.07, 6.45) is 3.69. The van der Waals surface area contributed by atoms with E-state index in [0.29, 0.717) is 5.41 Å². The topological polar surface area (TPSA) is 21.3 Å². The number of hydrogen-bond donors (Lipinski definition) is 1. The van der Waals surface area contributed by atoms with Crippen molar-refractivity contribution in [1.82, 2.24) is 5.32 Å². The van der Waals surface area contributed by atoms with Crippen LogP contribution in [-0.4, -0.2) is 26.3 Å². The van der Waals surface area contributed by atoms with E-state index in [9.17, 15) is 0 Å². The molecule has 1 atom stereocenters. The van der Waals surface area contributed by atoms with E-state index in [2.05, 4.69) is 33.0 Å². The molecule has 0 spiro atoms. The molecule has 0 aromatic heterocycles. The third-order valence-corrected chi connectivity index (χ3v) is 2.93. The zero-order valence-corrected chi connectivity index (χ0v) is 10.4. The zero-order valence-electron chi connectivity index (χ0n) is 10.4. The van der Waals surface area contributed by atoms with Gasteiger partial charge < -0.3 is 10.1 Å². The molecule has 0 bridgehead atoms. The summed E-state index contributed by atoms with van der Waals surface area (Å²) in [6, 6.07) is 0. The molecule has 1 unspecified atom stereocenters. The SMILES string of the molecule is CCNCC(C)(CC)CCCOCC. The van der Waals surface area contributed by atoms with Gasteiger partial charge in [0.25, 0.3) is 0 Å². The predicted molar refractivity (Wildman–Crippen MR) is 62.7 cm³/mol. The van der Waals surface area contributed by atoms with Gasteiger partial charge >= 0.3 is 0 Å². The fourth-order valence-corrected chi connectivity index (χ4v) is 1.56. The van der Waals surface area contributed by atoms with E-state index in [1.165, 1.54) is 19.3 Å². The van der Waals surface area contributed by atoms with Gasteiger partial charge in [-0.1, -0.05) is 20.8 Å². The van der Waals surface area contributed by atoms with Crippen LogP contribution in [-0.2, 0) is 4.74 Å². The normalized spacial score (nSPS) is 15.4.